The number of terminal acetylenes is 1. The third kappa shape index (κ3) is 8.78. The lowest BCUT2D eigenvalue weighted by molar-refractivity contribution is -0.143. The first-order valence-electron chi connectivity index (χ1n) is 15.7. The number of benzene rings is 1. The highest BCUT2D eigenvalue weighted by Crippen LogP contribution is 2.47. The lowest BCUT2D eigenvalue weighted by atomic mass is 9.70. The number of anilines is 1. The quantitative estimate of drug-likeness (QED) is 0.114. The van der Waals surface area contributed by atoms with E-state index in [1.165, 1.54) is 0 Å². The van der Waals surface area contributed by atoms with Gasteiger partial charge in [0.15, 0.2) is 0 Å². The molecule has 4 rings (SSSR count). The van der Waals surface area contributed by atoms with Crippen molar-refractivity contribution >= 4 is 41.3 Å². The van der Waals surface area contributed by atoms with E-state index in [0.29, 0.717) is 18.9 Å². The van der Waals surface area contributed by atoms with Crippen LogP contribution in [0.4, 0.5) is 5.69 Å². The summed E-state index contributed by atoms with van der Waals surface area (Å²) in [6, 6.07) is 3.76. The van der Waals surface area contributed by atoms with Crippen molar-refractivity contribution in [2.45, 2.75) is 81.7 Å². The smallest absolute Gasteiger partial charge is 0.326 e. The van der Waals surface area contributed by atoms with E-state index in [9.17, 15) is 44.1 Å². The fourth-order valence-electron chi connectivity index (χ4n) is 7.12. The number of rotatable bonds is 15. The van der Waals surface area contributed by atoms with Crippen LogP contribution in [-0.2, 0) is 24.0 Å². The van der Waals surface area contributed by atoms with Gasteiger partial charge in [-0.25, -0.2) is 9.59 Å². The molecule has 3 amide bonds. The molecule has 1 saturated heterocycles. The topological polar surface area (TPSA) is 235 Å². The second kappa shape index (κ2) is 15.7. The highest BCUT2D eigenvalue weighted by Gasteiger charge is 2.50. The van der Waals surface area contributed by atoms with Gasteiger partial charge in [0.05, 0.1) is 19.1 Å². The van der Waals surface area contributed by atoms with Crippen molar-refractivity contribution < 1.29 is 49.2 Å². The van der Waals surface area contributed by atoms with E-state index in [4.69, 9.17) is 11.5 Å². The number of fused-ring (bicyclic) bond motifs is 2. The van der Waals surface area contributed by atoms with E-state index >= 15 is 0 Å². The lowest BCUT2D eigenvalue weighted by Crippen LogP contribution is -2.65. The number of carboxylic acid groups (broad SMARTS) is 3. The Morgan fingerprint density at radius 1 is 0.957 bits per heavy atom. The van der Waals surface area contributed by atoms with Crippen molar-refractivity contribution in [1.82, 2.24) is 21.3 Å². The average Bonchev–Trinajstić information content (AvgIpc) is 3.44. The molecule has 8 N–H and O–H groups in total. The van der Waals surface area contributed by atoms with Crippen molar-refractivity contribution in [1.29, 1.82) is 0 Å². The second-order valence-electron chi connectivity index (χ2n) is 12.3. The van der Waals surface area contributed by atoms with Gasteiger partial charge in [0, 0.05) is 36.2 Å². The Morgan fingerprint density at radius 2 is 1.62 bits per heavy atom. The summed E-state index contributed by atoms with van der Waals surface area (Å²) in [7, 11) is 0. The van der Waals surface area contributed by atoms with Gasteiger partial charge in [-0.1, -0.05) is 5.92 Å². The number of nitrogens with zero attached hydrogens (tertiary/aromatic N) is 1. The Balaban J connectivity index is 1.37. The predicted molar refractivity (Wildman–Crippen MR) is 166 cm³/mol. The van der Waals surface area contributed by atoms with Crippen LogP contribution in [0.3, 0.4) is 0 Å². The van der Waals surface area contributed by atoms with E-state index in [1.54, 1.807) is 24.3 Å². The van der Waals surface area contributed by atoms with Crippen LogP contribution in [0, 0.1) is 30.1 Å². The fourth-order valence-corrected chi connectivity index (χ4v) is 7.12. The van der Waals surface area contributed by atoms with Crippen LogP contribution in [0.2, 0.25) is 0 Å². The number of hydrogen-bond donors (Lipinski definition) is 8. The van der Waals surface area contributed by atoms with Gasteiger partial charge in [0.25, 0.3) is 5.91 Å². The minimum Gasteiger partial charge on any atom is -0.481 e. The standard InChI is InChI=1S/C32H41N5O10/c1-2-13-37(25-10-5-18-14-24-21(15-20(18)25)30(43)36-26(16-38)33-24)19-6-3-17(4-7-19)29(42)35-23(32(46)47)8-11-27(39)34-22(31(44)45)9-12-28(40)41/h1,3-4,6-7,18,20-26,33,38H,5,8-16H2,(H,34,39)(H,35,42)(H,36,43)(H,40,41)(H,44,45)(H,46,47)/t18?,20?,21?,22-,23+,24?,25+,26?/m1/s1. The van der Waals surface area contributed by atoms with E-state index in [2.05, 4.69) is 32.1 Å². The first kappa shape index (κ1) is 35.2. The summed E-state index contributed by atoms with van der Waals surface area (Å²) in [6.07, 6.45) is 7.12. The van der Waals surface area contributed by atoms with Crippen molar-refractivity contribution in [3.05, 3.63) is 29.8 Å². The molecule has 1 aromatic carbocycles. The van der Waals surface area contributed by atoms with Crippen molar-refractivity contribution in [2.75, 3.05) is 18.1 Å². The number of aliphatic carboxylic acids is 3. The summed E-state index contributed by atoms with van der Waals surface area (Å²) in [5.41, 5.74) is 0.957. The average molecular weight is 656 g/mol. The second-order valence-corrected chi connectivity index (χ2v) is 12.3. The van der Waals surface area contributed by atoms with Gasteiger partial charge < -0.3 is 41.3 Å². The molecule has 0 spiro atoms. The van der Waals surface area contributed by atoms with Gasteiger partial charge >= 0.3 is 17.9 Å². The first-order chi connectivity index (χ1) is 22.4. The molecule has 0 bridgehead atoms. The van der Waals surface area contributed by atoms with Gasteiger partial charge in [0.2, 0.25) is 11.8 Å². The van der Waals surface area contributed by atoms with Crippen LogP contribution < -0.4 is 26.2 Å². The summed E-state index contributed by atoms with van der Waals surface area (Å²) in [5.74, 6) is -2.45. The maximum atomic E-state index is 13.0. The van der Waals surface area contributed by atoms with Crippen LogP contribution in [-0.4, -0.2) is 99.5 Å². The Hall–Kier alpha value is -4.68. The van der Waals surface area contributed by atoms with Crippen LogP contribution in [0.25, 0.3) is 0 Å². The maximum absolute atomic E-state index is 13.0. The summed E-state index contributed by atoms with van der Waals surface area (Å²) in [5, 5.41) is 47.9. The Bertz CT molecular complexity index is 1400. The number of carbonyl (C=O) groups excluding carboxylic acids is 3. The molecule has 5 unspecified atom stereocenters. The van der Waals surface area contributed by atoms with Crippen molar-refractivity contribution in [2.24, 2.45) is 17.8 Å². The largest absolute Gasteiger partial charge is 0.481 e. The lowest BCUT2D eigenvalue weighted by Gasteiger charge is -2.46. The summed E-state index contributed by atoms with van der Waals surface area (Å²) in [6.45, 7) is 0.142. The number of amides is 3. The van der Waals surface area contributed by atoms with E-state index < -0.39 is 60.8 Å². The summed E-state index contributed by atoms with van der Waals surface area (Å²) < 4.78 is 0. The molecule has 15 heteroatoms. The van der Waals surface area contributed by atoms with Crippen LogP contribution in [0.15, 0.2) is 24.3 Å². The molecule has 2 aliphatic carbocycles. The number of nitrogens with one attached hydrogen (secondary N) is 4. The van der Waals surface area contributed by atoms with Gasteiger partial charge in [0.1, 0.15) is 18.2 Å². The molecule has 1 aliphatic heterocycles. The van der Waals surface area contributed by atoms with Crippen LogP contribution >= 0.6 is 0 Å². The third-order valence-electron chi connectivity index (χ3n) is 9.42. The maximum Gasteiger partial charge on any atom is 0.326 e. The number of hydrogen-bond acceptors (Lipinski definition) is 9. The summed E-state index contributed by atoms with van der Waals surface area (Å²) >= 11 is 0. The summed E-state index contributed by atoms with van der Waals surface area (Å²) in [4.78, 5) is 74.1. The Morgan fingerprint density at radius 3 is 2.23 bits per heavy atom. The van der Waals surface area contributed by atoms with Crippen molar-refractivity contribution in [3.63, 3.8) is 0 Å². The van der Waals surface area contributed by atoms with Crippen LogP contribution in [0.1, 0.15) is 61.7 Å². The Kier molecular flexibility index (Phi) is 11.8. The van der Waals surface area contributed by atoms with E-state index in [-0.39, 0.29) is 54.8 Å². The molecule has 0 aromatic heterocycles. The molecule has 2 saturated carbocycles. The van der Waals surface area contributed by atoms with Gasteiger partial charge in [-0.3, -0.25) is 24.5 Å². The van der Waals surface area contributed by atoms with E-state index in [1.807, 2.05) is 0 Å². The zero-order valence-corrected chi connectivity index (χ0v) is 25.8. The highest BCUT2D eigenvalue weighted by molar-refractivity contribution is 5.97. The molecule has 1 heterocycles. The molecular formula is C32H41N5O10. The molecule has 3 aliphatic rings. The number of aliphatic hydroxyl groups excluding tert-OH is 1. The predicted octanol–water partition coefficient (Wildman–Crippen LogP) is -0.265. The SMILES string of the molecule is C#CCN(c1ccc(C(=O)N[C@@H](CCC(=O)N[C@H](CCC(=O)O)C(=O)O)C(=O)O)cc1)[C@H]1CCC2CC3NC(CO)NC(=O)C3CC21. The highest BCUT2D eigenvalue weighted by atomic mass is 16.4. The zero-order chi connectivity index (χ0) is 34.2. The minimum atomic E-state index is -1.45. The molecule has 254 valence electrons. The molecule has 15 nitrogen and oxygen atoms in total. The molecule has 0 radical (unpaired) electrons. The van der Waals surface area contributed by atoms with Gasteiger partial charge in [-0.05, 0) is 74.6 Å². The van der Waals surface area contributed by atoms with Crippen molar-refractivity contribution in [3.8, 4) is 12.3 Å². The normalized spacial score (nSPS) is 25.9. The third-order valence-corrected chi connectivity index (χ3v) is 9.42. The van der Waals surface area contributed by atoms with Gasteiger partial charge in [-0.2, -0.15) is 0 Å². The number of carbonyl (C=O) groups is 6. The van der Waals surface area contributed by atoms with Crippen LogP contribution in [0.5, 0.6) is 0 Å². The monoisotopic (exact) mass is 655 g/mol. The number of carboxylic acids is 3. The number of aliphatic hydroxyl groups is 1. The van der Waals surface area contributed by atoms with E-state index in [0.717, 1.165) is 24.9 Å². The molecule has 47 heavy (non-hydrogen) atoms. The minimum absolute atomic E-state index is 0.00858. The fraction of sp³-hybridized carbons (Fsp3) is 0.562. The molecule has 1 aromatic rings. The zero-order valence-electron chi connectivity index (χ0n) is 25.8. The molecule has 8 atom stereocenters. The molecule has 3 fully saturated rings. The molecular weight excluding hydrogens is 614 g/mol. The Labute approximate surface area is 271 Å². The first-order valence-corrected chi connectivity index (χ1v) is 15.7. The van der Waals surface area contributed by atoms with Gasteiger partial charge in [-0.15, -0.1) is 6.42 Å².